The third kappa shape index (κ3) is 5.86. The van der Waals surface area contributed by atoms with Crippen LogP contribution in [0.5, 0.6) is 5.75 Å². The van der Waals surface area contributed by atoms with Crippen LogP contribution in [0.3, 0.4) is 0 Å². The zero-order valence-corrected chi connectivity index (χ0v) is 21.8. The van der Waals surface area contributed by atoms with Crippen molar-refractivity contribution in [2.24, 2.45) is 0 Å². The number of anilines is 3. The van der Waals surface area contributed by atoms with Crippen molar-refractivity contribution in [1.82, 2.24) is 14.9 Å². The van der Waals surface area contributed by atoms with Crippen molar-refractivity contribution in [3.05, 3.63) is 54.4 Å². The molecule has 37 heavy (non-hydrogen) atoms. The van der Waals surface area contributed by atoms with E-state index in [1.807, 2.05) is 39.0 Å². The largest absolute Gasteiger partial charge is 0.492 e. The summed E-state index contributed by atoms with van der Waals surface area (Å²) in [4.78, 5) is 32.2. The predicted molar refractivity (Wildman–Crippen MR) is 142 cm³/mol. The van der Waals surface area contributed by atoms with Crippen LogP contribution in [0.1, 0.15) is 31.1 Å². The molecule has 1 amide bonds. The van der Waals surface area contributed by atoms with Gasteiger partial charge in [0.15, 0.2) is 5.75 Å². The lowest BCUT2D eigenvalue weighted by atomic mass is 10.1. The monoisotopic (exact) mass is 507 g/mol. The summed E-state index contributed by atoms with van der Waals surface area (Å²) in [5.41, 5.74) is 2.87. The van der Waals surface area contributed by atoms with Gasteiger partial charge in [-0.3, -0.25) is 14.3 Å². The number of amides is 1. The van der Waals surface area contributed by atoms with Crippen LogP contribution < -0.4 is 20.3 Å². The number of methoxy groups -OCH3 is 1. The maximum atomic E-state index is 12.8. The molecule has 0 bridgehead atoms. The van der Waals surface area contributed by atoms with Gasteiger partial charge in [-0.2, -0.15) is 0 Å². The second-order valence-electron chi connectivity index (χ2n) is 9.52. The van der Waals surface area contributed by atoms with Crippen LogP contribution in [0, 0.1) is 0 Å². The molecule has 10 nitrogen and oxygen atoms in total. The summed E-state index contributed by atoms with van der Waals surface area (Å²) < 4.78 is 18.2. The van der Waals surface area contributed by atoms with Gasteiger partial charge in [-0.15, -0.1) is 0 Å². The highest BCUT2D eigenvalue weighted by molar-refractivity contribution is 6.01. The number of aromatic nitrogens is 2. The van der Waals surface area contributed by atoms with E-state index in [-0.39, 0.29) is 5.91 Å². The first-order valence-corrected chi connectivity index (χ1v) is 12.1. The fourth-order valence-corrected chi connectivity index (χ4v) is 4.11. The molecule has 0 radical (unpaired) electrons. The Morgan fingerprint density at radius 1 is 1.08 bits per heavy atom. The third-order valence-corrected chi connectivity index (χ3v) is 5.80. The minimum absolute atomic E-state index is 0.299. The van der Waals surface area contributed by atoms with Crippen LogP contribution in [0.4, 0.5) is 21.9 Å². The summed E-state index contributed by atoms with van der Waals surface area (Å²) in [5.74, 6) is 0.357. The minimum atomic E-state index is -0.649. The minimum Gasteiger partial charge on any atom is -0.492 e. The molecular formula is C27H33N5O5. The van der Waals surface area contributed by atoms with E-state index in [2.05, 4.69) is 20.5 Å². The SMILES string of the molecule is CNC(=O)c1cnc(-c2cccn2C(=O)OC(C)(C)C)cc1Nc1cccc(N2CCOCC2)c1OC. The van der Waals surface area contributed by atoms with E-state index in [9.17, 15) is 9.59 Å². The molecule has 1 aliphatic heterocycles. The predicted octanol–water partition coefficient (Wildman–Crippen LogP) is 4.28. The summed E-state index contributed by atoms with van der Waals surface area (Å²) in [6.07, 6.45) is 2.60. The Bertz CT molecular complexity index is 1270. The summed E-state index contributed by atoms with van der Waals surface area (Å²) in [7, 11) is 3.18. The quantitative estimate of drug-likeness (QED) is 0.509. The number of ether oxygens (including phenoxy) is 3. The highest BCUT2D eigenvalue weighted by atomic mass is 16.6. The van der Waals surface area contributed by atoms with Crippen LogP contribution in [0.2, 0.25) is 0 Å². The number of rotatable bonds is 6. The molecule has 0 spiro atoms. The van der Waals surface area contributed by atoms with Gasteiger partial charge in [0.1, 0.15) is 5.60 Å². The van der Waals surface area contributed by atoms with Gasteiger partial charge in [0.25, 0.3) is 5.91 Å². The van der Waals surface area contributed by atoms with Gasteiger partial charge in [-0.1, -0.05) is 6.07 Å². The van der Waals surface area contributed by atoms with E-state index >= 15 is 0 Å². The van der Waals surface area contributed by atoms with E-state index in [0.29, 0.717) is 47.3 Å². The van der Waals surface area contributed by atoms with Crippen molar-refractivity contribution in [3.63, 3.8) is 0 Å². The Balaban J connectivity index is 1.74. The zero-order chi connectivity index (χ0) is 26.6. The number of nitrogens with zero attached hydrogens (tertiary/aromatic N) is 3. The molecule has 10 heteroatoms. The molecule has 2 N–H and O–H groups in total. The number of para-hydroxylation sites is 1. The first-order valence-electron chi connectivity index (χ1n) is 12.1. The lowest BCUT2D eigenvalue weighted by Crippen LogP contribution is -2.36. The molecule has 196 valence electrons. The first-order chi connectivity index (χ1) is 17.7. The van der Waals surface area contributed by atoms with Crippen LogP contribution in [0.25, 0.3) is 11.4 Å². The van der Waals surface area contributed by atoms with Crippen molar-refractivity contribution in [1.29, 1.82) is 0 Å². The van der Waals surface area contributed by atoms with Crippen LogP contribution in [0.15, 0.2) is 48.8 Å². The smallest absolute Gasteiger partial charge is 0.419 e. The van der Waals surface area contributed by atoms with Crippen molar-refractivity contribution >= 4 is 29.1 Å². The molecule has 1 saturated heterocycles. The average molecular weight is 508 g/mol. The zero-order valence-electron chi connectivity index (χ0n) is 21.8. The Labute approximate surface area is 216 Å². The molecule has 1 fully saturated rings. The lowest BCUT2D eigenvalue weighted by Gasteiger charge is -2.30. The topological polar surface area (TPSA) is 107 Å². The van der Waals surface area contributed by atoms with E-state index in [1.54, 1.807) is 38.6 Å². The van der Waals surface area contributed by atoms with Gasteiger partial charge in [0.05, 0.1) is 54.3 Å². The number of hydrogen-bond acceptors (Lipinski definition) is 8. The fraction of sp³-hybridized carbons (Fsp3) is 0.370. The number of hydrogen-bond donors (Lipinski definition) is 2. The van der Waals surface area contributed by atoms with Gasteiger partial charge < -0.3 is 29.7 Å². The Morgan fingerprint density at radius 2 is 1.84 bits per heavy atom. The number of morpholine rings is 1. The molecule has 1 aromatic carbocycles. The Hall–Kier alpha value is -4.05. The van der Waals surface area contributed by atoms with Gasteiger partial charge in [0, 0.05) is 32.5 Å². The number of nitrogens with one attached hydrogen (secondary N) is 2. The molecular weight excluding hydrogens is 474 g/mol. The number of pyridine rings is 1. The van der Waals surface area contributed by atoms with Gasteiger partial charge in [0.2, 0.25) is 0 Å². The van der Waals surface area contributed by atoms with E-state index in [4.69, 9.17) is 14.2 Å². The van der Waals surface area contributed by atoms with Crippen molar-refractivity contribution < 1.29 is 23.8 Å². The van der Waals surface area contributed by atoms with Crippen molar-refractivity contribution in [2.75, 3.05) is 50.7 Å². The molecule has 0 atom stereocenters. The first kappa shape index (κ1) is 26.0. The molecule has 2 aromatic heterocycles. The molecule has 1 aliphatic rings. The van der Waals surface area contributed by atoms with Crippen LogP contribution >= 0.6 is 0 Å². The number of benzene rings is 1. The molecule has 4 rings (SSSR count). The average Bonchev–Trinajstić information content (AvgIpc) is 3.38. The maximum Gasteiger partial charge on any atom is 0.419 e. The van der Waals surface area contributed by atoms with E-state index in [1.165, 1.54) is 10.8 Å². The molecule has 0 saturated carbocycles. The van der Waals surface area contributed by atoms with Crippen LogP contribution in [-0.2, 0) is 9.47 Å². The molecule has 3 heterocycles. The molecule has 0 unspecified atom stereocenters. The highest BCUT2D eigenvalue weighted by Crippen LogP contribution is 2.38. The second kappa shape index (κ2) is 10.9. The Kier molecular flexibility index (Phi) is 7.68. The standard InChI is InChI=1S/C27H33N5O5/c1-27(2,3)37-26(34)32-11-7-10-22(32)21-16-20(18(17-29-21)25(33)28-4)30-19-8-6-9-23(24(19)35-5)31-12-14-36-15-13-31/h6-11,16-17H,12-15H2,1-5H3,(H,28,33)(H,29,30). The number of carbonyl (C=O) groups excluding carboxylic acids is 2. The van der Waals surface area contributed by atoms with E-state index in [0.717, 1.165) is 18.8 Å². The number of carbonyl (C=O) groups is 2. The van der Waals surface area contributed by atoms with Gasteiger partial charge in [-0.05, 0) is 51.1 Å². The molecule has 0 aliphatic carbocycles. The van der Waals surface area contributed by atoms with Gasteiger partial charge >= 0.3 is 6.09 Å². The highest BCUT2D eigenvalue weighted by Gasteiger charge is 2.23. The lowest BCUT2D eigenvalue weighted by molar-refractivity contribution is 0.0540. The third-order valence-electron chi connectivity index (χ3n) is 5.80. The summed E-state index contributed by atoms with van der Waals surface area (Å²) in [5, 5.41) is 6.02. The Morgan fingerprint density at radius 3 is 2.51 bits per heavy atom. The summed E-state index contributed by atoms with van der Waals surface area (Å²) in [6.45, 7) is 8.23. The summed E-state index contributed by atoms with van der Waals surface area (Å²) >= 11 is 0. The van der Waals surface area contributed by atoms with Crippen molar-refractivity contribution in [2.45, 2.75) is 26.4 Å². The summed E-state index contributed by atoms with van der Waals surface area (Å²) in [6, 6.07) is 11.1. The van der Waals surface area contributed by atoms with Crippen LogP contribution in [-0.4, -0.2) is 67.6 Å². The normalized spacial score (nSPS) is 13.7. The second-order valence-corrected chi connectivity index (χ2v) is 9.52. The maximum absolute atomic E-state index is 12.8. The fourth-order valence-electron chi connectivity index (χ4n) is 4.11. The van der Waals surface area contributed by atoms with Gasteiger partial charge in [-0.25, -0.2) is 4.79 Å². The van der Waals surface area contributed by atoms with E-state index < -0.39 is 11.7 Å². The molecule has 3 aromatic rings. The van der Waals surface area contributed by atoms with Crippen molar-refractivity contribution in [3.8, 4) is 17.1 Å².